The lowest BCUT2D eigenvalue weighted by Gasteiger charge is -2.39. The van der Waals surface area contributed by atoms with Gasteiger partial charge in [-0.3, -0.25) is 0 Å². The predicted octanol–water partition coefficient (Wildman–Crippen LogP) is 5.54. The van der Waals surface area contributed by atoms with Crippen LogP contribution in [0.25, 0.3) is 0 Å². The fraction of sp³-hybridized carbons (Fsp3) is 1.00. The maximum absolute atomic E-state index is 3.98. The van der Waals surface area contributed by atoms with Crippen molar-refractivity contribution >= 4 is 0 Å². The van der Waals surface area contributed by atoms with Gasteiger partial charge in [0.1, 0.15) is 0 Å². The molecule has 0 heterocycles. The third kappa shape index (κ3) is 5.06. The van der Waals surface area contributed by atoms with E-state index < -0.39 is 0 Å². The number of nitrogens with one attached hydrogen (secondary N) is 1. The molecule has 20 heavy (non-hydrogen) atoms. The fourth-order valence-corrected chi connectivity index (χ4v) is 4.68. The zero-order valence-corrected chi connectivity index (χ0v) is 14.0. The summed E-state index contributed by atoms with van der Waals surface area (Å²) in [4.78, 5) is 0. The lowest BCUT2D eigenvalue weighted by Crippen LogP contribution is -2.44. The normalized spacial score (nSPS) is 31.5. The van der Waals surface area contributed by atoms with Crippen molar-refractivity contribution in [3.63, 3.8) is 0 Å². The summed E-state index contributed by atoms with van der Waals surface area (Å²) in [5.41, 5.74) is 0. The van der Waals surface area contributed by atoms with Gasteiger partial charge in [0, 0.05) is 6.04 Å². The van der Waals surface area contributed by atoms with Crippen LogP contribution in [0.4, 0.5) is 0 Å². The van der Waals surface area contributed by atoms with Gasteiger partial charge in [-0.1, -0.05) is 58.8 Å². The minimum atomic E-state index is 0.829. The molecule has 2 aliphatic carbocycles. The second-order valence-electron chi connectivity index (χ2n) is 7.62. The smallest absolute Gasteiger partial charge is 0.0124 e. The molecule has 0 bridgehead atoms. The molecule has 2 rings (SSSR count). The Bertz CT molecular complexity index is 242. The van der Waals surface area contributed by atoms with Gasteiger partial charge in [-0.05, 0) is 56.4 Å². The molecule has 0 spiro atoms. The topological polar surface area (TPSA) is 12.0 Å². The molecule has 1 heteroatoms. The van der Waals surface area contributed by atoms with Gasteiger partial charge in [-0.2, -0.15) is 0 Å². The summed E-state index contributed by atoms with van der Waals surface area (Å²) >= 11 is 0. The van der Waals surface area contributed by atoms with Crippen molar-refractivity contribution in [3.05, 3.63) is 0 Å². The molecule has 3 unspecified atom stereocenters. The summed E-state index contributed by atoms with van der Waals surface area (Å²) in [6, 6.07) is 0.829. The highest BCUT2D eigenvalue weighted by atomic mass is 14.9. The molecular weight excluding hydrogens is 242 g/mol. The van der Waals surface area contributed by atoms with Gasteiger partial charge in [0.2, 0.25) is 0 Å². The van der Waals surface area contributed by atoms with Crippen molar-refractivity contribution in [1.82, 2.24) is 5.32 Å². The number of hydrogen-bond donors (Lipinski definition) is 1. The highest BCUT2D eigenvalue weighted by Gasteiger charge is 2.31. The molecule has 3 atom stereocenters. The van der Waals surface area contributed by atoms with E-state index in [4.69, 9.17) is 0 Å². The standard InChI is InChI=1S/C19H37N/c1-3-14-20-19(18-13-9-10-16(2)15-18)17-11-7-5-4-6-8-12-17/h16-20H,3-15H2,1-2H3. The van der Waals surface area contributed by atoms with Crippen molar-refractivity contribution in [3.8, 4) is 0 Å². The zero-order valence-electron chi connectivity index (χ0n) is 14.0. The third-order valence-electron chi connectivity index (χ3n) is 5.77. The molecule has 2 saturated carbocycles. The highest BCUT2D eigenvalue weighted by molar-refractivity contribution is 4.87. The van der Waals surface area contributed by atoms with E-state index in [2.05, 4.69) is 19.2 Å². The Morgan fingerprint density at radius 3 is 2.15 bits per heavy atom. The van der Waals surface area contributed by atoms with Crippen LogP contribution in [0.3, 0.4) is 0 Å². The Balaban J connectivity index is 1.96. The summed E-state index contributed by atoms with van der Waals surface area (Å²) < 4.78 is 0. The van der Waals surface area contributed by atoms with Crippen LogP contribution in [0.1, 0.15) is 90.9 Å². The van der Waals surface area contributed by atoms with E-state index >= 15 is 0 Å². The number of rotatable bonds is 5. The lowest BCUT2D eigenvalue weighted by atomic mass is 9.72. The molecule has 2 aliphatic rings. The maximum Gasteiger partial charge on any atom is 0.0124 e. The Labute approximate surface area is 127 Å². The van der Waals surface area contributed by atoms with Crippen LogP contribution in [-0.4, -0.2) is 12.6 Å². The molecule has 1 N–H and O–H groups in total. The second kappa shape index (κ2) is 9.07. The molecule has 0 amide bonds. The van der Waals surface area contributed by atoms with Gasteiger partial charge in [0.15, 0.2) is 0 Å². The van der Waals surface area contributed by atoms with Crippen molar-refractivity contribution in [2.45, 2.75) is 96.9 Å². The number of hydrogen-bond acceptors (Lipinski definition) is 1. The van der Waals surface area contributed by atoms with E-state index in [1.807, 2.05) is 0 Å². The Kier molecular flexibility index (Phi) is 7.41. The lowest BCUT2D eigenvalue weighted by molar-refractivity contribution is 0.158. The average Bonchev–Trinajstić information content (AvgIpc) is 2.41. The van der Waals surface area contributed by atoms with Gasteiger partial charge in [-0.25, -0.2) is 0 Å². The van der Waals surface area contributed by atoms with Crippen molar-refractivity contribution in [2.75, 3.05) is 6.54 Å². The fourth-order valence-electron chi connectivity index (χ4n) is 4.68. The van der Waals surface area contributed by atoms with Crippen LogP contribution in [0, 0.1) is 17.8 Å². The predicted molar refractivity (Wildman–Crippen MR) is 89.0 cm³/mol. The van der Waals surface area contributed by atoms with Crippen LogP contribution < -0.4 is 5.32 Å². The maximum atomic E-state index is 3.98. The van der Waals surface area contributed by atoms with E-state index in [-0.39, 0.29) is 0 Å². The summed E-state index contributed by atoms with van der Waals surface area (Å²) in [6.45, 7) is 6.01. The van der Waals surface area contributed by atoms with Crippen LogP contribution in [0.2, 0.25) is 0 Å². The molecular formula is C19H37N. The molecule has 0 aromatic rings. The Morgan fingerprint density at radius 2 is 1.50 bits per heavy atom. The van der Waals surface area contributed by atoms with Gasteiger partial charge < -0.3 is 5.32 Å². The van der Waals surface area contributed by atoms with Crippen LogP contribution in [0.15, 0.2) is 0 Å². The highest BCUT2D eigenvalue weighted by Crippen LogP contribution is 2.36. The minimum absolute atomic E-state index is 0.829. The second-order valence-corrected chi connectivity index (χ2v) is 7.62. The zero-order chi connectivity index (χ0) is 14.2. The summed E-state index contributed by atoms with van der Waals surface area (Å²) in [5, 5.41) is 3.98. The summed E-state index contributed by atoms with van der Waals surface area (Å²) in [5.74, 6) is 2.90. The van der Waals surface area contributed by atoms with Crippen molar-refractivity contribution in [2.24, 2.45) is 17.8 Å². The van der Waals surface area contributed by atoms with E-state index in [1.54, 1.807) is 0 Å². The summed E-state index contributed by atoms with van der Waals surface area (Å²) in [7, 11) is 0. The average molecular weight is 280 g/mol. The molecule has 0 aromatic carbocycles. The Hall–Kier alpha value is -0.0400. The van der Waals surface area contributed by atoms with Crippen LogP contribution >= 0.6 is 0 Å². The van der Waals surface area contributed by atoms with E-state index in [9.17, 15) is 0 Å². The van der Waals surface area contributed by atoms with Gasteiger partial charge in [-0.15, -0.1) is 0 Å². The first-order chi connectivity index (χ1) is 9.81. The van der Waals surface area contributed by atoms with Crippen LogP contribution in [-0.2, 0) is 0 Å². The minimum Gasteiger partial charge on any atom is -0.313 e. The van der Waals surface area contributed by atoms with Crippen LogP contribution in [0.5, 0.6) is 0 Å². The monoisotopic (exact) mass is 279 g/mol. The van der Waals surface area contributed by atoms with Crippen molar-refractivity contribution in [1.29, 1.82) is 0 Å². The largest absolute Gasteiger partial charge is 0.313 e. The van der Waals surface area contributed by atoms with Crippen molar-refractivity contribution < 1.29 is 0 Å². The first-order valence-corrected chi connectivity index (χ1v) is 9.54. The molecule has 118 valence electrons. The molecule has 1 nitrogen and oxygen atoms in total. The molecule has 0 saturated heterocycles. The first-order valence-electron chi connectivity index (χ1n) is 9.54. The first kappa shape index (κ1) is 16.3. The van der Waals surface area contributed by atoms with E-state index in [0.717, 1.165) is 23.8 Å². The van der Waals surface area contributed by atoms with E-state index in [0.29, 0.717) is 0 Å². The Morgan fingerprint density at radius 1 is 0.850 bits per heavy atom. The molecule has 2 fully saturated rings. The third-order valence-corrected chi connectivity index (χ3v) is 5.77. The molecule has 0 aromatic heterocycles. The summed E-state index contributed by atoms with van der Waals surface area (Å²) in [6.07, 6.45) is 17.6. The molecule has 0 aliphatic heterocycles. The van der Waals surface area contributed by atoms with Gasteiger partial charge >= 0.3 is 0 Å². The quantitative estimate of drug-likeness (QED) is 0.696. The SMILES string of the molecule is CCCNC(C1CCCCCCC1)C1CCCC(C)C1. The van der Waals surface area contributed by atoms with E-state index in [1.165, 1.54) is 83.6 Å². The molecule has 0 radical (unpaired) electrons. The van der Waals surface area contributed by atoms with Gasteiger partial charge in [0.05, 0.1) is 0 Å². The van der Waals surface area contributed by atoms with Gasteiger partial charge in [0.25, 0.3) is 0 Å².